The van der Waals surface area contributed by atoms with Gasteiger partial charge in [-0.25, -0.2) is 9.78 Å². The van der Waals surface area contributed by atoms with Crippen molar-refractivity contribution in [2.75, 3.05) is 32.8 Å². The minimum Gasteiger partial charge on any atom is -0.372 e. The molecule has 0 bridgehead atoms. The topological polar surface area (TPSA) is 73.5 Å². The fourth-order valence-corrected chi connectivity index (χ4v) is 5.96. The predicted octanol–water partition coefficient (Wildman–Crippen LogP) is 4.55. The molecule has 3 aliphatic heterocycles. The van der Waals surface area contributed by atoms with Gasteiger partial charge in [0.25, 0.3) is 0 Å². The summed E-state index contributed by atoms with van der Waals surface area (Å²) in [4.78, 5) is 25.4. The molecule has 2 aromatic heterocycles. The Balaban J connectivity index is 1.34. The molecule has 7 nitrogen and oxygen atoms in total. The van der Waals surface area contributed by atoms with Gasteiger partial charge in [-0.05, 0) is 86.5 Å². The van der Waals surface area contributed by atoms with Crippen LogP contribution < -0.4 is 5.32 Å². The molecular formula is C28H35N5O2. The number of benzene rings is 1. The van der Waals surface area contributed by atoms with E-state index in [1.165, 1.54) is 39.6 Å². The molecule has 0 radical (unpaired) electrons. The maximum atomic E-state index is 13.5. The Morgan fingerprint density at radius 2 is 2.06 bits per heavy atom. The fraction of sp³-hybridized carbons (Fsp3) is 0.500. The van der Waals surface area contributed by atoms with Crippen molar-refractivity contribution in [2.45, 2.75) is 58.2 Å². The number of morpholine rings is 1. The van der Waals surface area contributed by atoms with Crippen molar-refractivity contribution in [1.82, 2.24) is 25.1 Å². The number of aromatic amines is 1. The first-order chi connectivity index (χ1) is 16.9. The number of carbonyl (C=O) groups is 1. The average molecular weight is 474 g/mol. The number of aryl methyl sites for hydroxylation is 1. The van der Waals surface area contributed by atoms with Crippen molar-refractivity contribution < 1.29 is 9.53 Å². The van der Waals surface area contributed by atoms with E-state index in [0.717, 1.165) is 37.1 Å². The third-order valence-electron chi connectivity index (χ3n) is 7.85. The summed E-state index contributed by atoms with van der Waals surface area (Å²) in [5.41, 5.74) is 8.26. The second-order valence-corrected chi connectivity index (χ2v) is 10.9. The van der Waals surface area contributed by atoms with Gasteiger partial charge in [-0.2, -0.15) is 0 Å². The molecule has 1 atom stereocenters. The van der Waals surface area contributed by atoms with Crippen LogP contribution in [0.1, 0.15) is 55.0 Å². The van der Waals surface area contributed by atoms with E-state index < -0.39 is 0 Å². The number of amides is 2. The van der Waals surface area contributed by atoms with Crippen LogP contribution in [0, 0.1) is 6.92 Å². The molecule has 3 aliphatic rings. The van der Waals surface area contributed by atoms with Gasteiger partial charge in [-0.3, -0.25) is 0 Å². The van der Waals surface area contributed by atoms with Crippen LogP contribution in [0.3, 0.4) is 0 Å². The fourth-order valence-electron chi connectivity index (χ4n) is 5.96. The van der Waals surface area contributed by atoms with Crippen molar-refractivity contribution in [3.8, 4) is 11.1 Å². The lowest BCUT2D eigenvalue weighted by Gasteiger charge is -2.41. The van der Waals surface area contributed by atoms with Crippen LogP contribution in [0.2, 0.25) is 0 Å². The molecule has 0 aliphatic carbocycles. The van der Waals surface area contributed by atoms with Gasteiger partial charge in [0.05, 0.1) is 18.8 Å². The smallest absolute Gasteiger partial charge is 0.320 e. The number of hydrogen-bond donors (Lipinski definition) is 2. The molecule has 2 fully saturated rings. The highest BCUT2D eigenvalue weighted by molar-refractivity contribution is 5.84. The number of pyridine rings is 1. The first-order valence-electron chi connectivity index (χ1n) is 12.9. The molecule has 0 unspecified atom stereocenters. The number of fused-ring (bicyclic) bond motifs is 2. The van der Waals surface area contributed by atoms with E-state index in [1.807, 2.05) is 22.2 Å². The number of carbonyl (C=O) groups excluding carboxylic acids is 1. The number of nitrogens with zero attached hydrogens (tertiary/aromatic N) is 3. The Labute approximate surface area is 206 Å². The molecule has 2 saturated heterocycles. The van der Waals surface area contributed by atoms with Crippen LogP contribution >= 0.6 is 0 Å². The number of urea groups is 1. The number of aromatic nitrogens is 2. The summed E-state index contributed by atoms with van der Waals surface area (Å²) in [6.07, 6.45) is 7.19. The van der Waals surface area contributed by atoms with Gasteiger partial charge in [-0.15, -0.1) is 0 Å². The monoisotopic (exact) mass is 473 g/mol. The van der Waals surface area contributed by atoms with Crippen molar-refractivity contribution >= 4 is 17.1 Å². The number of nitrogens with one attached hydrogen (secondary N) is 2. The number of H-pyrrole nitrogens is 1. The maximum Gasteiger partial charge on any atom is 0.320 e. The normalized spacial score (nSPS) is 22.0. The van der Waals surface area contributed by atoms with Gasteiger partial charge in [0, 0.05) is 49.0 Å². The SMILES string of the molecule is Cc1c[nH]c2ncc(-c3cc4c(c([C@@H]5CCCN5)c3)CN(C(=O)N3CCOC(C)(C)C3)CC4)cc12. The van der Waals surface area contributed by atoms with E-state index in [2.05, 4.69) is 54.3 Å². The zero-order valence-electron chi connectivity index (χ0n) is 21.0. The molecule has 7 heteroatoms. The Morgan fingerprint density at radius 3 is 2.86 bits per heavy atom. The minimum atomic E-state index is -0.289. The Bertz CT molecular complexity index is 1270. The molecule has 2 amide bonds. The number of ether oxygens (including phenoxy) is 1. The van der Waals surface area contributed by atoms with Gasteiger partial charge < -0.3 is 24.8 Å². The molecule has 6 rings (SSSR count). The van der Waals surface area contributed by atoms with Crippen LogP contribution in [0.5, 0.6) is 0 Å². The van der Waals surface area contributed by atoms with E-state index >= 15 is 0 Å². The largest absolute Gasteiger partial charge is 0.372 e. The summed E-state index contributed by atoms with van der Waals surface area (Å²) in [5.74, 6) is 0. The lowest BCUT2D eigenvalue weighted by Crippen LogP contribution is -2.55. The van der Waals surface area contributed by atoms with Gasteiger partial charge in [0.15, 0.2) is 0 Å². The van der Waals surface area contributed by atoms with Gasteiger partial charge in [0.1, 0.15) is 5.65 Å². The summed E-state index contributed by atoms with van der Waals surface area (Å²) < 4.78 is 5.83. The summed E-state index contributed by atoms with van der Waals surface area (Å²) in [7, 11) is 0. The third-order valence-corrected chi connectivity index (χ3v) is 7.85. The Morgan fingerprint density at radius 1 is 1.17 bits per heavy atom. The summed E-state index contributed by atoms with van der Waals surface area (Å²) >= 11 is 0. The third kappa shape index (κ3) is 4.21. The molecule has 0 spiro atoms. The second kappa shape index (κ2) is 8.64. The van der Waals surface area contributed by atoms with Crippen LogP contribution in [0.15, 0.2) is 30.6 Å². The van der Waals surface area contributed by atoms with Crippen LogP contribution in [0.4, 0.5) is 4.79 Å². The van der Waals surface area contributed by atoms with E-state index in [9.17, 15) is 4.79 Å². The molecule has 5 heterocycles. The van der Waals surface area contributed by atoms with Crippen molar-refractivity contribution in [2.24, 2.45) is 0 Å². The number of hydrogen-bond acceptors (Lipinski definition) is 4. The van der Waals surface area contributed by atoms with Gasteiger partial charge in [0.2, 0.25) is 0 Å². The Kier molecular flexibility index (Phi) is 5.57. The predicted molar refractivity (Wildman–Crippen MR) is 137 cm³/mol. The van der Waals surface area contributed by atoms with Crippen LogP contribution in [-0.2, 0) is 17.7 Å². The molecule has 1 aromatic carbocycles. The van der Waals surface area contributed by atoms with Crippen LogP contribution in [-0.4, -0.2) is 64.2 Å². The molecule has 0 saturated carbocycles. The number of rotatable bonds is 2. The molecule has 35 heavy (non-hydrogen) atoms. The standard InChI is InChI=1S/C28H35N5O2/c1-18-14-30-26-22(18)13-21(15-31-26)20-11-19-6-8-32(27(34)33-9-10-35-28(2,3)17-33)16-24(19)23(12-20)25-5-4-7-29-25/h11-15,25,29H,4-10,16-17H2,1-3H3,(H,30,31)/t25-/m0/s1. The first kappa shape index (κ1) is 22.6. The van der Waals surface area contributed by atoms with Gasteiger partial charge >= 0.3 is 6.03 Å². The summed E-state index contributed by atoms with van der Waals surface area (Å²) in [6.45, 7) is 10.6. The average Bonchev–Trinajstić information content (AvgIpc) is 3.52. The Hall–Kier alpha value is -2.90. The lowest BCUT2D eigenvalue weighted by atomic mass is 9.87. The zero-order valence-corrected chi connectivity index (χ0v) is 21.0. The highest BCUT2D eigenvalue weighted by Gasteiger charge is 2.34. The highest BCUT2D eigenvalue weighted by atomic mass is 16.5. The van der Waals surface area contributed by atoms with Crippen molar-refractivity contribution in [3.63, 3.8) is 0 Å². The quantitative estimate of drug-likeness (QED) is 0.573. The maximum absolute atomic E-state index is 13.5. The molecule has 184 valence electrons. The summed E-state index contributed by atoms with van der Waals surface area (Å²) in [6, 6.07) is 7.41. The van der Waals surface area contributed by atoms with E-state index in [1.54, 1.807) is 0 Å². The van der Waals surface area contributed by atoms with E-state index in [-0.39, 0.29) is 11.6 Å². The lowest BCUT2D eigenvalue weighted by molar-refractivity contribution is -0.0767. The first-order valence-corrected chi connectivity index (χ1v) is 12.9. The zero-order chi connectivity index (χ0) is 24.2. The van der Waals surface area contributed by atoms with E-state index in [0.29, 0.717) is 32.3 Å². The van der Waals surface area contributed by atoms with Crippen molar-refractivity contribution in [3.05, 3.63) is 52.8 Å². The van der Waals surface area contributed by atoms with Crippen molar-refractivity contribution in [1.29, 1.82) is 0 Å². The molecular weight excluding hydrogens is 438 g/mol. The second-order valence-electron chi connectivity index (χ2n) is 10.9. The molecule has 3 aromatic rings. The van der Waals surface area contributed by atoms with Gasteiger partial charge in [-0.1, -0.05) is 6.07 Å². The molecule has 2 N–H and O–H groups in total. The van der Waals surface area contributed by atoms with Crippen LogP contribution in [0.25, 0.3) is 22.2 Å². The minimum absolute atomic E-state index is 0.138. The highest BCUT2D eigenvalue weighted by Crippen LogP contribution is 2.36. The summed E-state index contributed by atoms with van der Waals surface area (Å²) in [5, 5.41) is 4.88. The van der Waals surface area contributed by atoms with E-state index in [4.69, 9.17) is 4.74 Å².